The van der Waals surface area contributed by atoms with Crippen LogP contribution in [0.3, 0.4) is 0 Å². The van der Waals surface area contributed by atoms with Crippen LogP contribution in [0.2, 0.25) is 0 Å². The molecule has 0 aliphatic rings. The predicted octanol–water partition coefficient (Wildman–Crippen LogP) is 2.99. The molecule has 0 heterocycles. The standard InChI is InChI=1S/C17H17N3O4S2/c1-13-6-7-16(10-17(13)20(21)22)26(23,24)19-8-9-25-12-15-5-3-2-4-14(15)11-18/h2-7,10,19H,8-9,12H2,1H3. The van der Waals surface area contributed by atoms with Gasteiger partial charge in [-0.3, -0.25) is 10.1 Å². The Morgan fingerprint density at radius 3 is 2.69 bits per heavy atom. The maximum absolute atomic E-state index is 12.3. The van der Waals surface area contributed by atoms with Crippen molar-refractivity contribution >= 4 is 27.5 Å². The number of aryl methyl sites for hydroxylation is 1. The number of nitro benzene ring substituents is 1. The molecule has 0 amide bonds. The van der Waals surface area contributed by atoms with E-state index < -0.39 is 14.9 Å². The molecule has 0 fully saturated rings. The molecule has 136 valence electrons. The van der Waals surface area contributed by atoms with Crippen LogP contribution in [0.5, 0.6) is 0 Å². The van der Waals surface area contributed by atoms with Gasteiger partial charge >= 0.3 is 0 Å². The molecule has 9 heteroatoms. The largest absolute Gasteiger partial charge is 0.273 e. The molecule has 1 N–H and O–H groups in total. The summed E-state index contributed by atoms with van der Waals surface area (Å²) in [5.74, 6) is 1.11. The average Bonchev–Trinajstić information content (AvgIpc) is 2.61. The highest BCUT2D eigenvalue weighted by Gasteiger charge is 2.19. The second-order valence-corrected chi connectivity index (χ2v) is 8.30. The predicted molar refractivity (Wildman–Crippen MR) is 100 cm³/mol. The van der Waals surface area contributed by atoms with Gasteiger partial charge in [-0.05, 0) is 24.6 Å². The van der Waals surface area contributed by atoms with Crippen molar-refractivity contribution in [1.29, 1.82) is 5.26 Å². The Bertz CT molecular complexity index is 953. The lowest BCUT2D eigenvalue weighted by Crippen LogP contribution is -2.26. The van der Waals surface area contributed by atoms with Crippen LogP contribution in [0, 0.1) is 28.4 Å². The van der Waals surface area contributed by atoms with Gasteiger partial charge in [0.25, 0.3) is 5.69 Å². The third-order valence-corrected chi connectivity index (χ3v) is 6.09. The van der Waals surface area contributed by atoms with Crippen LogP contribution in [-0.2, 0) is 15.8 Å². The molecule has 7 nitrogen and oxygen atoms in total. The van der Waals surface area contributed by atoms with Crippen LogP contribution in [0.1, 0.15) is 16.7 Å². The third-order valence-electron chi connectivity index (χ3n) is 3.62. The molecule has 2 aromatic carbocycles. The lowest BCUT2D eigenvalue weighted by molar-refractivity contribution is -0.385. The Morgan fingerprint density at radius 2 is 2.00 bits per heavy atom. The maximum Gasteiger partial charge on any atom is 0.273 e. The van der Waals surface area contributed by atoms with Crippen molar-refractivity contribution < 1.29 is 13.3 Å². The molecule has 0 spiro atoms. The Kier molecular flexibility index (Phi) is 6.74. The van der Waals surface area contributed by atoms with E-state index in [9.17, 15) is 18.5 Å². The number of hydrogen-bond donors (Lipinski definition) is 1. The summed E-state index contributed by atoms with van der Waals surface area (Å²) in [4.78, 5) is 10.2. The molecule has 0 aliphatic carbocycles. The number of nitrogens with one attached hydrogen (secondary N) is 1. The molecular weight excluding hydrogens is 374 g/mol. The van der Waals surface area contributed by atoms with Gasteiger partial charge in [-0.15, -0.1) is 0 Å². The van der Waals surface area contributed by atoms with E-state index >= 15 is 0 Å². The van der Waals surface area contributed by atoms with Crippen molar-refractivity contribution in [3.05, 3.63) is 69.3 Å². The molecule has 2 aromatic rings. The van der Waals surface area contributed by atoms with E-state index in [1.807, 2.05) is 12.1 Å². The number of rotatable bonds is 8. The Hall–Kier alpha value is -2.41. The van der Waals surface area contributed by atoms with Gasteiger partial charge in [0.05, 0.1) is 21.5 Å². The smallest absolute Gasteiger partial charge is 0.258 e. The zero-order chi connectivity index (χ0) is 19.2. The van der Waals surface area contributed by atoms with Crippen molar-refractivity contribution in [2.45, 2.75) is 17.6 Å². The van der Waals surface area contributed by atoms with Crippen molar-refractivity contribution in [1.82, 2.24) is 4.72 Å². The number of sulfonamides is 1. The van der Waals surface area contributed by atoms with E-state index in [1.165, 1.54) is 23.9 Å². The second-order valence-electron chi connectivity index (χ2n) is 5.42. The Balaban J connectivity index is 1.92. The van der Waals surface area contributed by atoms with Crippen LogP contribution < -0.4 is 4.72 Å². The van der Waals surface area contributed by atoms with Crippen molar-refractivity contribution in [3.8, 4) is 6.07 Å². The minimum absolute atomic E-state index is 0.130. The van der Waals surface area contributed by atoms with E-state index in [0.29, 0.717) is 22.6 Å². The third kappa shape index (κ3) is 5.05. The number of nitriles is 1. The Morgan fingerprint density at radius 1 is 1.27 bits per heavy atom. The summed E-state index contributed by atoms with van der Waals surface area (Å²) in [6, 6.07) is 13.2. The van der Waals surface area contributed by atoms with Gasteiger partial charge in [-0.25, -0.2) is 13.1 Å². The van der Waals surface area contributed by atoms with Gasteiger partial charge in [0, 0.05) is 29.7 Å². The highest BCUT2D eigenvalue weighted by molar-refractivity contribution is 7.98. The quantitative estimate of drug-likeness (QED) is 0.420. The summed E-state index contributed by atoms with van der Waals surface area (Å²) in [6.45, 7) is 1.74. The molecule has 26 heavy (non-hydrogen) atoms. The van der Waals surface area contributed by atoms with Crippen LogP contribution in [0.25, 0.3) is 0 Å². The molecule has 0 radical (unpaired) electrons. The summed E-state index contributed by atoms with van der Waals surface area (Å²) in [6.07, 6.45) is 0. The van der Waals surface area contributed by atoms with E-state index in [1.54, 1.807) is 19.1 Å². The van der Waals surface area contributed by atoms with Crippen molar-refractivity contribution in [2.24, 2.45) is 0 Å². The Labute approximate surface area is 156 Å². The lowest BCUT2D eigenvalue weighted by Gasteiger charge is -2.08. The first-order chi connectivity index (χ1) is 12.3. The minimum Gasteiger partial charge on any atom is -0.258 e. The van der Waals surface area contributed by atoms with Crippen molar-refractivity contribution in [2.75, 3.05) is 12.3 Å². The molecule has 0 bridgehead atoms. The average molecular weight is 391 g/mol. The lowest BCUT2D eigenvalue weighted by atomic mass is 10.1. The summed E-state index contributed by atoms with van der Waals surface area (Å²) in [5.41, 5.74) is 1.68. The summed E-state index contributed by atoms with van der Waals surface area (Å²) in [7, 11) is -3.81. The number of benzene rings is 2. The van der Waals surface area contributed by atoms with Crippen molar-refractivity contribution in [3.63, 3.8) is 0 Å². The fourth-order valence-electron chi connectivity index (χ4n) is 2.22. The van der Waals surface area contributed by atoms with Crippen LogP contribution >= 0.6 is 11.8 Å². The molecular formula is C17H17N3O4S2. The zero-order valence-corrected chi connectivity index (χ0v) is 15.6. The number of nitro groups is 1. The number of thioether (sulfide) groups is 1. The molecule has 0 aromatic heterocycles. The van der Waals surface area contributed by atoms with Crippen LogP contribution in [0.4, 0.5) is 5.69 Å². The molecule has 0 atom stereocenters. The SMILES string of the molecule is Cc1ccc(S(=O)(=O)NCCSCc2ccccc2C#N)cc1[N+](=O)[O-]. The first-order valence-electron chi connectivity index (χ1n) is 7.65. The van der Waals surface area contributed by atoms with E-state index in [0.717, 1.165) is 11.6 Å². The number of hydrogen-bond acceptors (Lipinski definition) is 6. The fraction of sp³-hybridized carbons (Fsp3) is 0.235. The summed E-state index contributed by atoms with van der Waals surface area (Å²) in [5, 5.41) is 20.0. The van der Waals surface area contributed by atoms with Gasteiger partial charge in [-0.1, -0.05) is 24.3 Å². The van der Waals surface area contributed by atoms with Crippen LogP contribution in [0.15, 0.2) is 47.4 Å². The highest BCUT2D eigenvalue weighted by Crippen LogP contribution is 2.22. The molecule has 0 aliphatic heterocycles. The molecule has 0 unspecified atom stereocenters. The maximum atomic E-state index is 12.3. The fourth-order valence-corrected chi connectivity index (χ4v) is 4.26. The monoisotopic (exact) mass is 391 g/mol. The van der Waals surface area contributed by atoms with Gasteiger partial charge in [0.1, 0.15) is 0 Å². The number of nitrogens with zero attached hydrogens (tertiary/aromatic N) is 2. The van der Waals surface area contributed by atoms with Crippen LogP contribution in [-0.4, -0.2) is 25.6 Å². The van der Waals surface area contributed by atoms with E-state index in [-0.39, 0.29) is 17.1 Å². The highest BCUT2D eigenvalue weighted by atomic mass is 32.2. The van der Waals surface area contributed by atoms with Gasteiger partial charge in [0.15, 0.2) is 0 Å². The van der Waals surface area contributed by atoms with Gasteiger partial charge in [-0.2, -0.15) is 17.0 Å². The minimum atomic E-state index is -3.81. The molecule has 0 saturated heterocycles. The van der Waals surface area contributed by atoms with Gasteiger partial charge in [0.2, 0.25) is 10.0 Å². The van der Waals surface area contributed by atoms with E-state index in [4.69, 9.17) is 5.26 Å². The second kappa shape index (κ2) is 8.80. The normalized spacial score (nSPS) is 11.1. The molecule has 0 saturated carbocycles. The van der Waals surface area contributed by atoms with Gasteiger partial charge < -0.3 is 0 Å². The zero-order valence-electron chi connectivity index (χ0n) is 14.0. The van der Waals surface area contributed by atoms with E-state index in [2.05, 4.69) is 10.8 Å². The molecule has 2 rings (SSSR count). The first-order valence-corrected chi connectivity index (χ1v) is 10.3. The summed E-state index contributed by atoms with van der Waals surface area (Å²) < 4.78 is 27.0. The first kappa shape index (κ1) is 19.9. The summed E-state index contributed by atoms with van der Waals surface area (Å²) >= 11 is 1.50. The topological polar surface area (TPSA) is 113 Å².